The monoisotopic (exact) mass is 464 g/mol. The normalized spacial score (nSPS) is 18.7. The van der Waals surface area contributed by atoms with E-state index in [-0.39, 0.29) is 18.2 Å². The highest BCUT2D eigenvalue weighted by atomic mass is 79.9. The molecule has 1 N–H and O–H groups in total. The molecule has 2 aromatic carbocycles. The molecule has 1 unspecified atom stereocenters. The van der Waals surface area contributed by atoms with Crippen LogP contribution in [0, 0.1) is 5.92 Å². The second kappa shape index (κ2) is 8.01. The van der Waals surface area contributed by atoms with Crippen LogP contribution >= 0.6 is 27.5 Å². The lowest BCUT2D eigenvalue weighted by Crippen LogP contribution is -2.28. The first-order valence-corrected chi connectivity index (χ1v) is 10.1. The lowest BCUT2D eigenvalue weighted by Gasteiger charge is -2.17. The van der Waals surface area contributed by atoms with E-state index in [2.05, 4.69) is 21.2 Å². The number of nitrogens with zero attached hydrogens (tertiary/aromatic N) is 1. The van der Waals surface area contributed by atoms with Gasteiger partial charge in [0.2, 0.25) is 11.8 Å². The smallest absolute Gasteiger partial charge is 0.229 e. The van der Waals surface area contributed by atoms with Crippen molar-refractivity contribution in [3.63, 3.8) is 0 Å². The van der Waals surface area contributed by atoms with E-state index in [1.165, 1.54) is 0 Å². The van der Waals surface area contributed by atoms with Crippen molar-refractivity contribution < 1.29 is 19.1 Å². The molecule has 6 nitrogen and oxygen atoms in total. The van der Waals surface area contributed by atoms with Crippen LogP contribution in [-0.2, 0) is 9.59 Å². The van der Waals surface area contributed by atoms with Crippen LogP contribution in [0.2, 0.25) is 5.02 Å². The highest BCUT2D eigenvalue weighted by molar-refractivity contribution is 9.10. The van der Waals surface area contributed by atoms with Crippen LogP contribution in [0.25, 0.3) is 0 Å². The van der Waals surface area contributed by atoms with Crippen molar-refractivity contribution in [2.75, 3.05) is 30.0 Å². The molecular weight excluding hydrogens is 448 g/mol. The van der Waals surface area contributed by atoms with Gasteiger partial charge >= 0.3 is 0 Å². The Bertz CT molecular complexity index is 936. The quantitative estimate of drug-likeness (QED) is 0.736. The SMILES string of the molecule is O=C(Nc1cc2c(cc1Cl)OCCCO2)C1CC(=O)N(c2cccc(Br)c2)C1. The van der Waals surface area contributed by atoms with Crippen molar-refractivity contribution in [3.8, 4) is 11.5 Å². The summed E-state index contributed by atoms with van der Waals surface area (Å²) in [7, 11) is 0. The molecule has 2 aromatic rings. The minimum absolute atomic E-state index is 0.0805. The van der Waals surface area contributed by atoms with Gasteiger partial charge in [-0.3, -0.25) is 9.59 Å². The first-order chi connectivity index (χ1) is 13.5. The number of ether oxygens (including phenoxy) is 2. The van der Waals surface area contributed by atoms with Gasteiger partial charge in [-0.25, -0.2) is 0 Å². The van der Waals surface area contributed by atoms with Crippen LogP contribution in [0.4, 0.5) is 11.4 Å². The van der Waals surface area contributed by atoms with E-state index in [0.717, 1.165) is 16.6 Å². The standard InChI is InChI=1S/C20H18BrClN2O4/c21-13-3-1-4-14(8-13)24-11-12(7-19(24)25)20(26)23-16-10-18-17(9-15(16)22)27-5-2-6-28-18/h1,3-4,8-10,12H,2,5-7,11H2,(H,23,26). The molecule has 0 aromatic heterocycles. The molecule has 2 aliphatic rings. The Balaban J connectivity index is 1.49. The fourth-order valence-electron chi connectivity index (χ4n) is 3.29. The maximum absolute atomic E-state index is 12.8. The van der Waals surface area contributed by atoms with Crippen molar-refractivity contribution in [1.29, 1.82) is 0 Å². The fraction of sp³-hybridized carbons (Fsp3) is 0.300. The number of benzene rings is 2. The molecule has 0 spiro atoms. The minimum Gasteiger partial charge on any atom is -0.490 e. The van der Waals surface area contributed by atoms with Crippen LogP contribution in [-0.4, -0.2) is 31.6 Å². The van der Waals surface area contributed by atoms with Gasteiger partial charge in [0.1, 0.15) is 0 Å². The molecule has 1 fully saturated rings. The van der Waals surface area contributed by atoms with Gasteiger partial charge in [0.05, 0.1) is 29.8 Å². The summed E-state index contributed by atoms with van der Waals surface area (Å²) in [5, 5.41) is 3.20. The number of carbonyl (C=O) groups is 2. The molecule has 1 atom stereocenters. The lowest BCUT2D eigenvalue weighted by atomic mass is 10.1. The second-order valence-electron chi connectivity index (χ2n) is 6.70. The molecule has 4 rings (SSSR count). The largest absolute Gasteiger partial charge is 0.490 e. The average Bonchev–Trinajstić information content (AvgIpc) is 2.91. The number of fused-ring (bicyclic) bond motifs is 1. The fourth-order valence-corrected chi connectivity index (χ4v) is 3.88. The van der Waals surface area contributed by atoms with Crippen LogP contribution in [0.5, 0.6) is 11.5 Å². The number of hydrogen-bond acceptors (Lipinski definition) is 4. The van der Waals surface area contributed by atoms with Gasteiger partial charge in [-0.2, -0.15) is 0 Å². The van der Waals surface area contributed by atoms with Gasteiger partial charge in [-0.15, -0.1) is 0 Å². The predicted molar refractivity (Wildman–Crippen MR) is 110 cm³/mol. The maximum Gasteiger partial charge on any atom is 0.229 e. The zero-order valence-electron chi connectivity index (χ0n) is 14.9. The highest BCUT2D eigenvalue weighted by Gasteiger charge is 2.35. The number of amides is 2. The summed E-state index contributed by atoms with van der Waals surface area (Å²) < 4.78 is 12.1. The molecule has 2 aliphatic heterocycles. The second-order valence-corrected chi connectivity index (χ2v) is 8.03. The van der Waals surface area contributed by atoms with Crippen LogP contribution in [0.15, 0.2) is 40.9 Å². The first-order valence-electron chi connectivity index (χ1n) is 8.97. The van der Waals surface area contributed by atoms with E-state index in [9.17, 15) is 9.59 Å². The van der Waals surface area contributed by atoms with Crippen molar-refractivity contribution in [3.05, 3.63) is 45.9 Å². The lowest BCUT2D eigenvalue weighted by molar-refractivity contribution is -0.122. The summed E-state index contributed by atoms with van der Waals surface area (Å²) in [6.45, 7) is 1.43. The molecule has 0 saturated carbocycles. The Morgan fingerprint density at radius 1 is 1.18 bits per heavy atom. The molecule has 146 valence electrons. The maximum atomic E-state index is 12.8. The Morgan fingerprint density at radius 3 is 2.68 bits per heavy atom. The van der Waals surface area contributed by atoms with Crippen molar-refractivity contribution in [2.45, 2.75) is 12.8 Å². The highest BCUT2D eigenvalue weighted by Crippen LogP contribution is 2.38. The van der Waals surface area contributed by atoms with Gasteiger partial charge < -0.3 is 19.7 Å². The van der Waals surface area contributed by atoms with E-state index < -0.39 is 5.92 Å². The summed E-state index contributed by atoms with van der Waals surface area (Å²) in [5.41, 5.74) is 1.22. The number of rotatable bonds is 3. The molecule has 0 aliphatic carbocycles. The van der Waals surface area contributed by atoms with Crippen LogP contribution < -0.4 is 19.7 Å². The molecule has 8 heteroatoms. The summed E-state index contributed by atoms with van der Waals surface area (Å²) in [6, 6.07) is 10.8. The van der Waals surface area contributed by atoms with Crippen LogP contribution in [0.3, 0.4) is 0 Å². The molecule has 2 heterocycles. The summed E-state index contributed by atoms with van der Waals surface area (Å²) in [6.07, 6.45) is 0.935. The number of hydrogen-bond donors (Lipinski definition) is 1. The summed E-state index contributed by atoms with van der Waals surface area (Å²) in [5.74, 6) is 0.330. The summed E-state index contributed by atoms with van der Waals surface area (Å²) >= 11 is 9.71. The van der Waals surface area contributed by atoms with Crippen molar-refractivity contribution in [2.24, 2.45) is 5.92 Å². The van der Waals surface area contributed by atoms with Gasteiger partial charge in [0, 0.05) is 41.7 Å². The molecule has 2 amide bonds. The van der Waals surface area contributed by atoms with Crippen molar-refractivity contribution in [1.82, 2.24) is 0 Å². The van der Waals surface area contributed by atoms with Gasteiger partial charge in [0.25, 0.3) is 0 Å². The van der Waals surface area contributed by atoms with Gasteiger partial charge in [0.15, 0.2) is 11.5 Å². The minimum atomic E-state index is -0.460. The first kappa shape index (κ1) is 19.1. The molecule has 28 heavy (non-hydrogen) atoms. The topological polar surface area (TPSA) is 67.9 Å². The third-order valence-electron chi connectivity index (χ3n) is 4.71. The van der Waals surface area contributed by atoms with E-state index in [0.29, 0.717) is 42.0 Å². The molecule has 1 saturated heterocycles. The third kappa shape index (κ3) is 3.95. The average molecular weight is 466 g/mol. The van der Waals surface area contributed by atoms with E-state index in [1.807, 2.05) is 24.3 Å². The van der Waals surface area contributed by atoms with Crippen LogP contribution in [0.1, 0.15) is 12.8 Å². The van der Waals surface area contributed by atoms with E-state index in [4.69, 9.17) is 21.1 Å². The van der Waals surface area contributed by atoms with Gasteiger partial charge in [-0.05, 0) is 18.2 Å². The van der Waals surface area contributed by atoms with Crippen molar-refractivity contribution >= 4 is 50.7 Å². The Labute approximate surface area is 175 Å². The Morgan fingerprint density at radius 2 is 1.93 bits per heavy atom. The third-order valence-corrected chi connectivity index (χ3v) is 5.52. The Hall–Kier alpha value is -2.25. The molecular formula is C20H18BrClN2O4. The number of anilines is 2. The number of halogens is 2. The molecule has 0 radical (unpaired) electrons. The predicted octanol–water partition coefficient (Wildman–Crippen LogP) is 4.26. The Kier molecular flexibility index (Phi) is 5.46. The number of nitrogens with one attached hydrogen (secondary N) is 1. The van der Waals surface area contributed by atoms with Gasteiger partial charge in [-0.1, -0.05) is 33.6 Å². The molecule has 0 bridgehead atoms. The van der Waals surface area contributed by atoms with E-state index in [1.54, 1.807) is 17.0 Å². The zero-order chi connectivity index (χ0) is 19.7. The summed E-state index contributed by atoms with van der Waals surface area (Å²) in [4.78, 5) is 26.8. The van der Waals surface area contributed by atoms with E-state index >= 15 is 0 Å². The zero-order valence-corrected chi connectivity index (χ0v) is 17.3. The number of carbonyl (C=O) groups excluding carboxylic acids is 2.